The van der Waals surface area contributed by atoms with Crippen molar-refractivity contribution in [2.45, 2.75) is 13.5 Å². The van der Waals surface area contributed by atoms with Gasteiger partial charge < -0.3 is 4.74 Å². The Morgan fingerprint density at radius 1 is 1.03 bits per heavy atom. The van der Waals surface area contributed by atoms with E-state index in [9.17, 15) is 18.8 Å². The Balaban J connectivity index is 1.57. The number of halogens is 2. The second-order valence-corrected chi connectivity index (χ2v) is 8.23. The zero-order valence-electron chi connectivity index (χ0n) is 17.5. The van der Waals surface area contributed by atoms with Crippen LogP contribution in [0.2, 0.25) is 0 Å². The molecule has 4 rings (SSSR count). The highest BCUT2D eigenvalue weighted by molar-refractivity contribution is 9.10. The number of carbonyl (C=O) groups excluding carboxylic acids is 3. The van der Waals surface area contributed by atoms with Gasteiger partial charge in [-0.15, -0.1) is 0 Å². The summed E-state index contributed by atoms with van der Waals surface area (Å²) in [6.07, 6.45) is 1.34. The topological polar surface area (TPSA) is 75.7 Å². The first-order valence-corrected chi connectivity index (χ1v) is 10.8. The van der Waals surface area contributed by atoms with Crippen LogP contribution in [-0.4, -0.2) is 17.8 Å². The minimum atomic E-state index is -1.01. The van der Waals surface area contributed by atoms with E-state index in [2.05, 4.69) is 21.2 Å². The highest BCUT2D eigenvalue weighted by Gasteiger charge is 2.37. The maximum Gasteiger partial charge on any atom is 0.336 e. The number of barbiturate groups is 1. The molecule has 8 heteroatoms. The highest BCUT2D eigenvalue weighted by Crippen LogP contribution is 2.29. The molecular weight excluding hydrogens is 491 g/mol. The van der Waals surface area contributed by atoms with Crippen LogP contribution in [0.5, 0.6) is 5.75 Å². The minimum absolute atomic E-state index is 0.237. The fourth-order valence-corrected chi connectivity index (χ4v) is 3.87. The average molecular weight is 509 g/mol. The summed E-state index contributed by atoms with van der Waals surface area (Å²) in [6, 6.07) is 17.4. The van der Waals surface area contributed by atoms with Crippen LogP contribution in [0.15, 0.2) is 76.8 Å². The minimum Gasteiger partial charge on any atom is -0.488 e. The lowest BCUT2D eigenvalue weighted by Gasteiger charge is -2.26. The van der Waals surface area contributed by atoms with Crippen LogP contribution in [0.4, 0.5) is 14.9 Å². The third-order valence-corrected chi connectivity index (χ3v) is 5.56. The number of ether oxygens (including phenoxy) is 1. The number of urea groups is 1. The number of nitrogens with zero attached hydrogens (tertiary/aromatic N) is 1. The molecule has 0 bridgehead atoms. The molecule has 3 aromatic carbocycles. The number of amides is 4. The molecule has 0 radical (unpaired) electrons. The summed E-state index contributed by atoms with van der Waals surface area (Å²) < 4.78 is 20.7. The van der Waals surface area contributed by atoms with Crippen LogP contribution < -0.4 is 15.0 Å². The van der Waals surface area contributed by atoms with E-state index in [0.717, 1.165) is 17.2 Å². The number of carbonyl (C=O) groups is 3. The molecule has 0 unspecified atom stereocenters. The molecule has 166 valence electrons. The molecule has 1 N–H and O–H groups in total. The molecule has 3 aromatic rings. The Labute approximate surface area is 197 Å². The van der Waals surface area contributed by atoms with Gasteiger partial charge in [-0.25, -0.2) is 14.1 Å². The van der Waals surface area contributed by atoms with Crippen LogP contribution >= 0.6 is 15.9 Å². The van der Waals surface area contributed by atoms with Crippen LogP contribution in [0.25, 0.3) is 6.08 Å². The Kier molecular flexibility index (Phi) is 6.37. The highest BCUT2D eigenvalue weighted by atomic mass is 79.9. The molecule has 1 heterocycles. The molecule has 33 heavy (non-hydrogen) atoms. The smallest absolute Gasteiger partial charge is 0.336 e. The van der Waals surface area contributed by atoms with Crippen LogP contribution in [0, 0.1) is 12.7 Å². The summed E-state index contributed by atoms with van der Waals surface area (Å²) >= 11 is 3.44. The van der Waals surface area contributed by atoms with Crippen molar-refractivity contribution in [3.8, 4) is 5.75 Å². The Morgan fingerprint density at radius 3 is 2.55 bits per heavy atom. The van der Waals surface area contributed by atoms with Gasteiger partial charge >= 0.3 is 6.03 Å². The third kappa shape index (κ3) is 4.85. The van der Waals surface area contributed by atoms with Gasteiger partial charge in [-0.05, 0) is 64.3 Å². The average Bonchev–Trinajstić information content (AvgIpc) is 2.77. The first-order chi connectivity index (χ1) is 15.8. The molecule has 0 atom stereocenters. The Bertz CT molecular complexity index is 1310. The number of para-hydroxylation sites is 1. The van der Waals surface area contributed by atoms with Crippen molar-refractivity contribution >= 4 is 45.5 Å². The summed E-state index contributed by atoms with van der Waals surface area (Å²) in [5.74, 6) is -1.94. The van der Waals surface area contributed by atoms with Crippen molar-refractivity contribution in [3.63, 3.8) is 0 Å². The van der Waals surface area contributed by atoms with Gasteiger partial charge in [0.1, 0.15) is 23.7 Å². The van der Waals surface area contributed by atoms with E-state index in [-0.39, 0.29) is 11.3 Å². The molecule has 0 aliphatic carbocycles. The fourth-order valence-electron chi connectivity index (χ4n) is 3.36. The lowest BCUT2D eigenvalue weighted by atomic mass is 10.1. The van der Waals surface area contributed by atoms with Gasteiger partial charge in [0.05, 0.1) is 10.2 Å². The lowest BCUT2D eigenvalue weighted by molar-refractivity contribution is -0.122. The molecular formula is C25H18BrFN2O4. The quantitative estimate of drug-likeness (QED) is 0.382. The molecule has 0 spiro atoms. The molecule has 4 amide bonds. The number of hydrogen-bond donors (Lipinski definition) is 1. The van der Waals surface area contributed by atoms with Gasteiger partial charge in [0.25, 0.3) is 11.8 Å². The van der Waals surface area contributed by atoms with Crippen molar-refractivity contribution in [1.82, 2.24) is 5.32 Å². The number of benzene rings is 3. The number of aryl methyl sites for hydroxylation is 1. The SMILES string of the molecule is Cc1cccc(COc2ccc(/C=C3/C(=O)NC(=O)N(c4ccccc4F)C3=O)cc2Br)c1. The summed E-state index contributed by atoms with van der Waals surface area (Å²) in [4.78, 5) is 38.1. The molecule has 1 aliphatic rings. The van der Waals surface area contributed by atoms with Gasteiger partial charge in [-0.1, -0.05) is 48.0 Å². The largest absolute Gasteiger partial charge is 0.488 e. The number of nitrogens with one attached hydrogen (secondary N) is 1. The van der Waals surface area contributed by atoms with Gasteiger partial charge in [-0.2, -0.15) is 0 Å². The summed E-state index contributed by atoms with van der Waals surface area (Å²) in [5, 5.41) is 2.08. The first kappa shape index (κ1) is 22.4. The number of imide groups is 2. The first-order valence-electron chi connectivity index (χ1n) is 9.97. The van der Waals surface area contributed by atoms with Crippen LogP contribution in [0.3, 0.4) is 0 Å². The van der Waals surface area contributed by atoms with Crippen molar-refractivity contribution in [2.24, 2.45) is 0 Å². The van der Waals surface area contributed by atoms with Crippen molar-refractivity contribution in [1.29, 1.82) is 0 Å². The number of rotatable bonds is 5. The molecule has 6 nitrogen and oxygen atoms in total. The number of anilines is 1. The lowest BCUT2D eigenvalue weighted by Crippen LogP contribution is -2.54. The zero-order valence-corrected chi connectivity index (χ0v) is 19.1. The molecule has 0 saturated carbocycles. The van der Waals surface area contributed by atoms with E-state index in [4.69, 9.17) is 4.74 Å². The van der Waals surface area contributed by atoms with Gasteiger partial charge in [0.2, 0.25) is 0 Å². The van der Waals surface area contributed by atoms with E-state index in [1.54, 1.807) is 18.2 Å². The molecule has 1 aliphatic heterocycles. The summed E-state index contributed by atoms with van der Waals surface area (Å²) in [5.41, 5.74) is 2.15. The Morgan fingerprint density at radius 2 is 1.82 bits per heavy atom. The third-order valence-electron chi connectivity index (χ3n) is 4.94. The molecule has 0 aromatic heterocycles. The standard InChI is InChI=1S/C25H18BrFN2O4/c1-15-5-4-6-17(11-15)14-33-22-10-9-16(13-19(22)26)12-18-23(30)28-25(32)29(24(18)31)21-8-3-2-7-20(21)27/h2-13H,14H2,1H3,(H,28,30,32)/b18-12-. The van der Waals surface area contributed by atoms with E-state index in [1.807, 2.05) is 31.2 Å². The zero-order chi connectivity index (χ0) is 23.5. The van der Waals surface area contributed by atoms with Crippen LogP contribution in [0.1, 0.15) is 16.7 Å². The second-order valence-electron chi connectivity index (χ2n) is 7.38. The Hall–Kier alpha value is -3.78. The van der Waals surface area contributed by atoms with Crippen molar-refractivity contribution in [2.75, 3.05) is 4.90 Å². The maximum atomic E-state index is 14.2. The van der Waals surface area contributed by atoms with Crippen LogP contribution in [-0.2, 0) is 16.2 Å². The maximum absolute atomic E-state index is 14.2. The predicted molar refractivity (Wildman–Crippen MR) is 125 cm³/mol. The number of hydrogen-bond acceptors (Lipinski definition) is 4. The normalized spacial score (nSPS) is 15.1. The summed E-state index contributed by atoms with van der Waals surface area (Å²) in [7, 11) is 0. The molecule has 1 saturated heterocycles. The predicted octanol–water partition coefficient (Wildman–Crippen LogP) is 5.14. The monoisotopic (exact) mass is 508 g/mol. The van der Waals surface area contributed by atoms with Gasteiger partial charge in [0.15, 0.2) is 0 Å². The van der Waals surface area contributed by atoms with Gasteiger partial charge in [0, 0.05) is 0 Å². The van der Waals surface area contributed by atoms with E-state index in [1.165, 1.54) is 24.3 Å². The second kappa shape index (κ2) is 9.38. The van der Waals surface area contributed by atoms with Crippen molar-refractivity contribution < 1.29 is 23.5 Å². The van der Waals surface area contributed by atoms with E-state index in [0.29, 0.717) is 27.3 Å². The van der Waals surface area contributed by atoms with Gasteiger partial charge in [-0.3, -0.25) is 14.9 Å². The van der Waals surface area contributed by atoms with E-state index < -0.39 is 23.7 Å². The molecule has 1 fully saturated rings. The fraction of sp³-hybridized carbons (Fsp3) is 0.0800. The van der Waals surface area contributed by atoms with E-state index >= 15 is 0 Å². The summed E-state index contributed by atoms with van der Waals surface area (Å²) in [6.45, 7) is 2.38. The van der Waals surface area contributed by atoms with Crippen molar-refractivity contribution in [3.05, 3.63) is 99.3 Å².